The molecule has 1 atom stereocenters. The van der Waals surface area contributed by atoms with Crippen LogP contribution in [0.3, 0.4) is 0 Å². The first-order valence-corrected chi connectivity index (χ1v) is 6.27. The lowest BCUT2D eigenvalue weighted by Gasteiger charge is -2.32. The first-order chi connectivity index (χ1) is 7.56. The van der Waals surface area contributed by atoms with Crippen molar-refractivity contribution in [1.82, 2.24) is 9.80 Å². The van der Waals surface area contributed by atoms with Gasteiger partial charge in [-0.3, -0.25) is 9.69 Å². The maximum absolute atomic E-state index is 11.4. The zero-order chi connectivity index (χ0) is 12.1. The van der Waals surface area contributed by atoms with Gasteiger partial charge in [0.15, 0.2) is 0 Å². The molecule has 0 saturated carbocycles. The molecule has 4 heteroatoms. The van der Waals surface area contributed by atoms with Gasteiger partial charge in [-0.25, -0.2) is 0 Å². The Hall–Kier alpha value is -0.610. The minimum atomic E-state index is 0.207. The van der Waals surface area contributed by atoms with Gasteiger partial charge in [-0.15, -0.1) is 0 Å². The maximum Gasteiger partial charge on any atom is 0.219 e. The van der Waals surface area contributed by atoms with Crippen LogP contribution in [0.2, 0.25) is 0 Å². The summed E-state index contributed by atoms with van der Waals surface area (Å²) in [6.45, 7) is 9.53. The van der Waals surface area contributed by atoms with Gasteiger partial charge in [0.25, 0.3) is 0 Å². The third-order valence-electron chi connectivity index (χ3n) is 3.37. The fourth-order valence-corrected chi connectivity index (χ4v) is 2.44. The van der Waals surface area contributed by atoms with E-state index in [0.29, 0.717) is 18.6 Å². The Bertz CT molecular complexity index is 230. The molecule has 2 N–H and O–H groups in total. The lowest BCUT2D eigenvalue weighted by molar-refractivity contribution is -0.130. The smallest absolute Gasteiger partial charge is 0.219 e. The van der Waals surface area contributed by atoms with E-state index in [4.69, 9.17) is 5.73 Å². The number of hydrogen-bond acceptors (Lipinski definition) is 3. The highest BCUT2D eigenvalue weighted by atomic mass is 16.2. The van der Waals surface area contributed by atoms with E-state index >= 15 is 0 Å². The monoisotopic (exact) mass is 227 g/mol. The van der Waals surface area contributed by atoms with Crippen molar-refractivity contribution in [1.29, 1.82) is 0 Å². The summed E-state index contributed by atoms with van der Waals surface area (Å²) in [5, 5.41) is 0. The van der Waals surface area contributed by atoms with Gasteiger partial charge >= 0.3 is 0 Å². The quantitative estimate of drug-likeness (QED) is 0.751. The Kier molecular flexibility index (Phi) is 5.22. The number of amides is 1. The summed E-state index contributed by atoms with van der Waals surface area (Å²) in [7, 11) is 0. The van der Waals surface area contributed by atoms with Crippen LogP contribution in [0.1, 0.15) is 33.6 Å². The summed E-state index contributed by atoms with van der Waals surface area (Å²) < 4.78 is 0. The van der Waals surface area contributed by atoms with Crippen molar-refractivity contribution in [3.8, 4) is 0 Å². The number of carbonyl (C=O) groups excluding carboxylic acids is 1. The second-order valence-electron chi connectivity index (χ2n) is 4.89. The lowest BCUT2D eigenvalue weighted by atomic mass is 10.2. The Morgan fingerprint density at radius 2 is 2.25 bits per heavy atom. The first kappa shape index (κ1) is 13.5. The fraction of sp³-hybridized carbons (Fsp3) is 0.917. The van der Waals surface area contributed by atoms with Gasteiger partial charge in [-0.2, -0.15) is 0 Å². The van der Waals surface area contributed by atoms with Crippen LogP contribution in [0, 0.1) is 0 Å². The third-order valence-corrected chi connectivity index (χ3v) is 3.37. The molecule has 0 aromatic rings. The molecule has 4 nitrogen and oxygen atoms in total. The number of nitrogens with zero attached hydrogens (tertiary/aromatic N) is 2. The summed E-state index contributed by atoms with van der Waals surface area (Å²) in [4.78, 5) is 15.8. The summed E-state index contributed by atoms with van der Waals surface area (Å²) in [6.07, 6.45) is 2.27. The van der Waals surface area contributed by atoms with E-state index in [1.54, 1.807) is 6.92 Å². The molecule has 16 heavy (non-hydrogen) atoms. The zero-order valence-corrected chi connectivity index (χ0v) is 10.8. The average molecular weight is 227 g/mol. The topological polar surface area (TPSA) is 49.6 Å². The van der Waals surface area contributed by atoms with E-state index in [1.165, 1.54) is 0 Å². The SMILES string of the molecule is CC(=O)N1CCC[C@H]1CN(CCN)C(C)C. The minimum Gasteiger partial charge on any atom is -0.339 e. The summed E-state index contributed by atoms with van der Waals surface area (Å²) >= 11 is 0. The molecule has 0 aliphatic carbocycles. The number of likely N-dealkylation sites (tertiary alicyclic amines) is 1. The van der Waals surface area contributed by atoms with Crippen LogP contribution in [0.15, 0.2) is 0 Å². The van der Waals surface area contributed by atoms with Gasteiger partial charge in [0.05, 0.1) is 0 Å². The van der Waals surface area contributed by atoms with E-state index in [9.17, 15) is 4.79 Å². The number of rotatable bonds is 5. The Labute approximate surface area is 98.8 Å². The van der Waals surface area contributed by atoms with Crippen molar-refractivity contribution in [2.24, 2.45) is 5.73 Å². The molecular weight excluding hydrogens is 202 g/mol. The molecule has 1 saturated heterocycles. The van der Waals surface area contributed by atoms with Crippen molar-refractivity contribution in [3.05, 3.63) is 0 Å². The molecule has 0 bridgehead atoms. The van der Waals surface area contributed by atoms with Crippen LogP contribution in [0.25, 0.3) is 0 Å². The largest absolute Gasteiger partial charge is 0.339 e. The second kappa shape index (κ2) is 6.21. The van der Waals surface area contributed by atoms with E-state index in [0.717, 1.165) is 32.5 Å². The standard InChI is InChI=1S/C12H25N3O/c1-10(2)14(8-6-13)9-12-5-4-7-15(12)11(3)16/h10,12H,4-9,13H2,1-3H3/t12-/m0/s1. The predicted octanol–water partition coefficient (Wildman–Crippen LogP) is 0.666. The minimum absolute atomic E-state index is 0.207. The van der Waals surface area contributed by atoms with Crippen molar-refractivity contribution in [3.63, 3.8) is 0 Å². The average Bonchev–Trinajstić information content (AvgIpc) is 2.65. The second-order valence-corrected chi connectivity index (χ2v) is 4.89. The van der Waals surface area contributed by atoms with Gasteiger partial charge in [0, 0.05) is 45.2 Å². The molecule has 1 rings (SSSR count). The molecule has 1 aliphatic heterocycles. The summed E-state index contributed by atoms with van der Waals surface area (Å²) in [5.41, 5.74) is 5.61. The van der Waals surface area contributed by atoms with Crippen molar-refractivity contribution in [2.45, 2.75) is 45.7 Å². The van der Waals surface area contributed by atoms with Crippen LogP contribution in [0.5, 0.6) is 0 Å². The molecule has 0 aromatic heterocycles. The highest BCUT2D eigenvalue weighted by Crippen LogP contribution is 2.18. The summed E-state index contributed by atoms with van der Waals surface area (Å²) in [6, 6.07) is 0.893. The Balaban J connectivity index is 2.53. The molecular formula is C12H25N3O. The highest BCUT2D eigenvalue weighted by molar-refractivity contribution is 5.73. The van der Waals surface area contributed by atoms with E-state index < -0.39 is 0 Å². The Morgan fingerprint density at radius 1 is 1.56 bits per heavy atom. The zero-order valence-electron chi connectivity index (χ0n) is 10.8. The van der Waals surface area contributed by atoms with Crippen LogP contribution < -0.4 is 5.73 Å². The molecule has 0 aromatic carbocycles. The van der Waals surface area contributed by atoms with Crippen molar-refractivity contribution < 1.29 is 4.79 Å². The van der Waals surface area contributed by atoms with Gasteiger partial charge in [-0.1, -0.05) is 0 Å². The molecule has 1 aliphatic rings. The maximum atomic E-state index is 11.4. The molecule has 94 valence electrons. The number of nitrogens with two attached hydrogens (primary N) is 1. The van der Waals surface area contributed by atoms with Crippen LogP contribution in [0.4, 0.5) is 0 Å². The normalized spacial score (nSPS) is 21.1. The van der Waals surface area contributed by atoms with Crippen LogP contribution in [-0.2, 0) is 4.79 Å². The van der Waals surface area contributed by atoms with E-state index in [2.05, 4.69) is 18.7 Å². The van der Waals surface area contributed by atoms with E-state index in [-0.39, 0.29) is 5.91 Å². The molecule has 1 heterocycles. The number of carbonyl (C=O) groups is 1. The van der Waals surface area contributed by atoms with Crippen molar-refractivity contribution >= 4 is 5.91 Å². The van der Waals surface area contributed by atoms with Gasteiger partial charge < -0.3 is 10.6 Å². The lowest BCUT2D eigenvalue weighted by Crippen LogP contribution is -2.46. The van der Waals surface area contributed by atoms with Crippen molar-refractivity contribution in [2.75, 3.05) is 26.2 Å². The molecule has 1 fully saturated rings. The molecule has 0 radical (unpaired) electrons. The van der Waals surface area contributed by atoms with E-state index in [1.807, 2.05) is 4.90 Å². The van der Waals surface area contributed by atoms with Gasteiger partial charge in [0.1, 0.15) is 0 Å². The molecule has 1 amide bonds. The van der Waals surface area contributed by atoms with Crippen LogP contribution >= 0.6 is 0 Å². The fourth-order valence-electron chi connectivity index (χ4n) is 2.44. The van der Waals surface area contributed by atoms with Gasteiger partial charge in [0.2, 0.25) is 5.91 Å². The van der Waals surface area contributed by atoms with Crippen LogP contribution in [-0.4, -0.2) is 54.0 Å². The third kappa shape index (κ3) is 3.46. The molecule has 0 unspecified atom stereocenters. The molecule has 0 spiro atoms. The Morgan fingerprint density at radius 3 is 2.75 bits per heavy atom. The first-order valence-electron chi connectivity index (χ1n) is 6.27. The summed E-state index contributed by atoms with van der Waals surface area (Å²) in [5.74, 6) is 0.207. The number of hydrogen-bond donors (Lipinski definition) is 1. The highest BCUT2D eigenvalue weighted by Gasteiger charge is 2.28. The predicted molar refractivity (Wildman–Crippen MR) is 66.2 cm³/mol. The van der Waals surface area contributed by atoms with Gasteiger partial charge in [-0.05, 0) is 26.7 Å².